The smallest absolute Gasteiger partial charge is 0.306 e. The Balaban J connectivity index is 4.21. The van der Waals surface area contributed by atoms with E-state index in [1.54, 1.807) is 21.1 Å². The molecule has 0 amide bonds. The van der Waals surface area contributed by atoms with Crippen molar-refractivity contribution in [2.45, 2.75) is 244 Å². The minimum absolute atomic E-state index is 0.0380. The maximum absolute atomic E-state index is 12.8. The summed E-state index contributed by atoms with van der Waals surface area (Å²) in [6, 6.07) is -0.727. The zero-order valence-corrected chi connectivity index (χ0v) is 40.6. The summed E-state index contributed by atoms with van der Waals surface area (Å²) in [6.45, 7) is 4.57. The van der Waals surface area contributed by atoms with Gasteiger partial charge in [-0.15, -0.1) is 0 Å². The van der Waals surface area contributed by atoms with Crippen molar-refractivity contribution in [1.82, 2.24) is 0 Å². The molecule has 0 aliphatic heterocycles. The van der Waals surface area contributed by atoms with Gasteiger partial charge in [-0.2, -0.15) is 0 Å². The van der Waals surface area contributed by atoms with E-state index in [0.717, 1.165) is 70.6 Å². The lowest BCUT2D eigenvalue weighted by atomic mass is 10.0. The fourth-order valence-electron chi connectivity index (χ4n) is 7.62. The minimum Gasteiger partial charge on any atom is -0.544 e. The Hall–Kier alpha value is -2.45. The molecule has 0 rings (SSSR count). The molecule has 8 heteroatoms. The van der Waals surface area contributed by atoms with Crippen LogP contribution in [0.2, 0.25) is 0 Å². The van der Waals surface area contributed by atoms with Crippen LogP contribution in [0.1, 0.15) is 232 Å². The van der Waals surface area contributed by atoms with Crippen molar-refractivity contribution < 1.29 is 38.2 Å². The Morgan fingerprint density at radius 3 is 1.36 bits per heavy atom. The summed E-state index contributed by atoms with van der Waals surface area (Å²) in [5.74, 6) is -1.74. The summed E-state index contributed by atoms with van der Waals surface area (Å²) in [5.41, 5.74) is 0. The molecule has 0 aliphatic carbocycles. The molecule has 0 radical (unpaired) electrons. The third-order valence-electron chi connectivity index (χ3n) is 11.5. The van der Waals surface area contributed by atoms with Gasteiger partial charge < -0.3 is 28.6 Å². The summed E-state index contributed by atoms with van der Waals surface area (Å²) in [7, 11) is 5.41. The molecule has 0 saturated carbocycles. The molecule has 8 nitrogen and oxygen atoms in total. The number of rotatable bonds is 46. The number of hydrogen-bond donors (Lipinski definition) is 0. The zero-order valence-electron chi connectivity index (χ0n) is 40.6. The van der Waals surface area contributed by atoms with Crippen LogP contribution in [-0.2, 0) is 28.6 Å². The van der Waals surface area contributed by atoms with Gasteiger partial charge in [-0.05, 0) is 44.9 Å². The van der Waals surface area contributed by atoms with E-state index in [1.807, 2.05) is 0 Å². The number of carboxylic acid groups (broad SMARTS) is 1. The highest BCUT2D eigenvalue weighted by molar-refractivity contribution is 5.70. The molecule has 0 spiro atoms. The lowest BCUT2D eigenvalue weighted by Gasteiger charge is -2.34. The summed E-state index contributed by atoms with van der Waals surface area (Å²) in [6.07, 6.45) is 51.8. The zero-order chi connectivity index (χ0) is 44.9. The van der Waals surface area contributed by atoms with Crippen molar-refractivity contribution in [2.24, 2.45) is 0 Å². The molecular weight excluding hydrogens is 763 g/mol. The number of carbonyl (C=O) groups excluding carboxylic acids is 3. The van der Waals surface area contributed by atoms with Crippen molar-refractivity contribution in [3.63, 3.8) is 0 Å². The van der Waals surface area contributed by atoms with E-state index in [1.165, 1.54) is 128 Å². The van der Waals surface area contributed by atoms with Gasteiger partial charge in [0.1, 0.15) is 12.6 Å². The van der Waals surface area contributed by atoms with Crippen molar-refractivity contribution in [2.75, 3.05) is 41.0 Å². The average Bonchev–Trinajstić information content (AvgIpc) is 3.22. The first kappa shape index (κ1) is 58.6. The van der Waals surface area contributed by atoms with E-state index < -0.39 is 18.1 Å². The van der Waals surface area contributed by atoms with Crippen molar-refractivity contribution >= 4 is 17.9 Å². The van der Waals surface area contributed by atoms with Crippen LogP contribution in [0.5, 0.6) is 0 Å². The van der Waals surface area contributed by atoms with Gasteiger partial charge in [-0.1, -0.05) is 204 Å². The Morgan fingerprint density at radius 2 is 0.918 bits per heavy atom. The molecule has 0 fully saturated rings. The Morgan fingerprint density at radius 1 is 0.508 bits per heavy atom. The van der Waals surface area contributed by atoms with Gasteiger partial charge in [0.15, 0.2) is 6.10 Å². The highest BCUT2D eigenvalue weighted by Gasteiger charge is 2.25. The number of aliphatic carboxylic acids is 1. The van der Waals surface area contributed by atoms with Gasteiger partial charge in [0.05, 0.1) is 40.3 Å². The lowest BCUT2D eigenvalue weighted by Crippen LogP contribution is -2.55. The molecule has 2 unspecified atom stereocenters. The van der Waals surface area contributed by atoms with Crippen molar-refractivity contribution in [3.8, 4) is 0 Å². The molecule has 0 aliphatic rings. The summed E-state index contributed by atoms with van der Waals surface area (Å²) in [5, 5.41) is 11.7. The third-order valence-corrected chi connectivity index (χ3v) is 11.5. The number of nitrogens with zero attached hydrogens (tertiary/aromatic N) is 1. The van der Waals surface area contributed by atoms with Crippen LogP contribution in [0.15, 0.2) is 36.5 Å². The maximum atomic E-state index is 12.8. The van der Waals surface area contributed by atoms with Gasteiger partial charge in [0, 0.05) is 19.3 Å². The fourth-order valence-corrected chi connectivity index (χ4v) is 7.62. The Labute approximate surface area is 376 Å². The Bertz CT molecular complexity index is 1090. The van der Waals surface area contributed by atoms with Gasteiger partial charge >= 0.3 is 11.9 Å². The number of esters is 2. The number of allylic oxidation sites excluding steroid dienone is 6. The summed E-state index contributed by atoms with van der Waals surface area (Å²) >= 11 is 0. The molecule has 0 heterocycles. The van der Waals surface area contributed by atoms with Crippen LogP contribution in [-0.4, -0.2) is 75.5 Å². The van der Waals surface area contributed by atoms with Crippen molar-refractivity contribution in [1.29, 1.82) is 0 Å². The predicted octanol–water partition coefficient (Wildman–Crippen LogP) is 13.3. The summed E-state index contributed by atoms with van der Waals surface area (Å²) in [4.78, 5) is 37.0. The number of ether oxygens (including phenoxy) is 3. The van der Waals surface area contributed by atoms with Gasteiger partial charge in [-0.25, -0.2) is 0 Å². The van der Waals surface area contributed by atoms with E-state index in [-0.39, 0.29) is 42.7 Å². The van der Waals surface area contributed by atoms with Crippen LogP contribution in [0.3, 0.4) is 0 Å². The van der Waals surface area contributed by atoms with Crippen LogP contribution in [0, 0.1) is 0 Å². The summed E-state index contributed by atoms with van der Waals surface area (Å²) < 4.78 is 17.2. The molecule has 0 N–H and O–H groups in total. The topological polar surface area (TPSA) is 102 Å². The van der Waals surface area contributed by atoms with E-state index in [9.17, 15) is 19.5 Å². The second kappa shape index (κ2) is 44.2. The third kappa shape index (κ3) is 42.6. The predicted molar refractivity (Wildman–Crippen MR) is 254 cm³/mol. The molecule has 356 valence electrons. The van der Waals surface area contributed by atoms with Crippen LogP contribution in [0.25, 0.3) is 0 Å². The van der Waals surface area contributed by atoms with Gasteiger partial charge in [0.25, 0.3) is 0 Å². The largest absolute Gasteiger partial charge is 0.544 e. The van der Waals surface area contributed by atoms with Crippen LogP contribution < -0.4 is 5.11 Å². The van der Waals surface area contributed by atoms with Gasteiger partial charge in [-0.3, -0.25) is 9.59 Å². The highest BCUT2D eigenvalue weighted by Crippen LogP contribution is 2.16. The SMILES string of the molecule is CC/C=C/C/C=C/C/C=C/CCCCCCCCC(=O)OC(COCCC(C(=O)[O-])[N+](C)(C)C)COC(=O)CCCCCCCCCCCCCCCCCCCCCCC. The first-order valence-electron chi connectivity index (χ1n) is 25.5. The van der Waals surface area contributed by atoms with Crippen LogP contribution >= 0.6 is 0 Å². The number of likely N-dealkylation sites (N-methyl/N-ethyl adjacent to an activating group) is 1. The monoisotopic (exact) mass is 860 g/mol. The number of unbranched alkanes of at least 4 members (excludes halogenated alkanes) is 26. The first-order chi connectivity index (χ1) is 29.6. The van der Waals surface area contributed by atoms with Crippen molar-refractivity contribution in [3.05, 3.63) is 36.5 Å². The standard InChI is InChI=1S/C53H97NO7/c1-6-8-10-12-14-16-18-20-22-24-25-26-27-28-30-31-33-35-37-39-41-43-51(55)60-48-49(47-59-46-45-50(53(57)58)54(3,4)5)61-52(56)44-42-40-38-36-34-32-29-23-21-19-17-15-13-11-9-7-2/h9,11,15,17,21,23,49-50H,6-8,10,12-14,16,18-20,22,24-48H2,1-5H3/b11-9+,17-15+,23-21+. The molecule has 0 aromatic heterocycles. The second-order valence-corrected chi connectivity index (χ2v) is 18.4. The lowest BCUT2D eigenvalue weighted by molar-refractivity contribution is -0.889. The normalized spacial score (nSPS) is 13.1. The number of hydrogen-bond acceptors (Lipinski definition) is 7. The Kier molecular flexibility index (Phi) is 42.4. The molecule has 0 saturated heterocycles. The molecule has 61 heavy (non-hydrogen) atoms. The highest BCUT2D eigenvalue weighted by atomic mass is 16.6. The maximum Gasteiger partial charge on any atom is 0.306 e. The molecule has 0 aromatic carbocycles. The first-order valence-corrected chi connectivity index (χ1v) is 25.5. The fraction of sp³-hybridized carbons (Fsp3) is 0.830. The minimum atomic E-state index is -1.13. The molecule has 0 bridgehead atoms. The molecular formula is C53H97NO7. The molecule has 0 aromatic rings. The number of carboxylic acids is 1. The van der Waals surface area contributed by atoms with E-state index in [2.05, 4.69) is 50.3 Å². The van der Waals surface area contributed by atoms with Gasteiger partial charge in [0.2, 0.25) is 0 Å². The number of carbonyl (C=O) groups is 3. The van der Waals surface area contributed by atoms with E-state index >= 15 is 0 Å². The van der Waals surface area contributed by atoms with E-state index in [0.29, 0.717) is 12.8 Å². The van der Waals surface area contributed by atoms with E-state index in [4.69, 9.17) is 14.2 Å². The quantitative estimate of drug-likeness (QED) is 0.0260. The average molecular weight is 860 g/mol. The second-order valence-electron chi connectivity index (χ2n) is 18.4. The number of quaternary nitrogens is 1. The van der Waals surface area contributed by atoms with Crippen LogP contribution in [0.4, 0.5) is 0 Å². The molecule has 2 atom stereocenters.